The second-order valence-electron chi connectivity index (χ2n) is 7.24. The minimum absolute atomic E-state index is 0.140. The van der Waals surface area contributed by atoms with E-state index < -0.39 is 6.04 Å². The molecule has 3 aromatic carbocycles. The second kappa shape index (κ2) is 10.6. The average molecular weight is 444 g/mol. The lowest BCUT2D eigenvalue weighted by Gasteiger charge is -2.20. The van der Waals surface area contributed by atoms with Gasteiger partial charge in [0.15, 0.2) is 5.15 Å². The second-order valence-corrected chi connectivity index (χ2v) is 7.60. The highest BCUT2D eigenvalue weighted by Crippen LogP contribution is 2.28. The molecule has 4 aromatic rings. The van der Waals surface area contributed by atoms with Gasteiger partial charge in [0.05, 0.1) is 12.5 Å². The number of rotatable bonds is 8. The van der Waals surface area contributed by atoms with Crippen molar-refractivity contribution in [3.63, 3.8) is 0 Å². The Bertz CT molecular complexity index is 1170. The molecule has 1 N–H and O–H groups in total. The highest BCUT2D eigenvalue weighted by atomic mass is 35.5. The van der Waals surface area contributed by atoms with E-state index in [4.69, 9.17) is 16.3 Å². The number of benzene rings is 3. The molecule has 32 heavy (non-hydrogen) atoms. The molecule has 1 atom stereocenters. The molecular weight excluding hydrogens is 422 g/mol. The normalized spacial score (nSPS) is 11.5. The molecule has 0 aliphatic carbocycles. The Morgan fingerprint density at radius 1 is 0.875 bits per heavy atom. The van der Waals surface area contributed by atoms with E-state index in [0.717, 1.165) is 16.7 Å². The molecule has 1 amide bonds. The lowest BCUT2D eigenvalue weighted by molar-refractivity contribution is -0.121. The van der Waals surface area contributed by atoms with Gasteiger partial charge in [0.2, 0.25) is 5.91 Å². The molecule has 0 aliphatic heterocycles. The largest absolute Gasteiger partial charge is 0.489 e. The van der Waals surface area contributed by atoms with Crippen molar-refractivity contribution in [2.45, 2.75) is 19.1 Å². The molecular formula is C26H22ClN3O2. The summed E-state index contributed by atoms with van der Waals surface area (Å²) < 4.78 is 5.97. The van der Waals surface area contributed by atoms with Gasteiger partial charge in [-0.15, -0.1) is 0 Å². The quantitative estimate of drug-likeness (QED) is 0.408. The fourth-order valence-corrected chi connectivity index (χ4v) is 3.57. The molecule has 0 bridgehead atoms. The maximum absolute atomic E-state index is 12.8. The number of hydrogen-bond donors (Lipinski definition) is 1. The van der Waals surface area contributed by atoms with Crippen LogP contribution in [0.5, 0.6) is 5.75 Å². The Kier molecular flexibility index (Phi) is 7.10. The van der Waals surface area contributed by atoms with Crippen LogP contribution in [0.3, 0.4) is 0 Å². The zero-order chi connectivity index (χ0) is 22.2. The van der Waals surface area contributed by atoms with Crippen molar-refractivity contribution in [3.8, 4) is 5.75 Å². The Hall–Kier alpha value is -3.70. The summed E-state index contributed by atoms with van der Waals surface area (Å²) in [6.07, 6.45) is 3.33. The molecule has 0 saturated heterocycles. The molecule has 0 saturated carbocycles. The zero-order valence-corrected chi connectivity index (χ0v) is 18.1. The van der Waals surface area contributed by atoms with E-state index in [1.807, 2.05) is 84.9 Å². The summed E-state index contributed by atoms with van der Waals surface area (Å²) >= 11 is 6.34. The minimum atomic E-state index is -0.562. The summed E-state index contributed by atoms with van der Waals surface area (Å²) in [6.45, 7) is 0.446. The molecule has 5 nitrogen and oxygen atoms in total. The SMILES string of the molecule is O=C(Cc1ccccc1)NC(c1cccc(OCc2ccccc2)c1)c1nccnc1Cl. The maximum atomic E-state index is 12.8. The van der Waals surface area contributed by atoms with Crippen LogP contribution in [0.2, 0.25) is 5.15 Å². The Morgan fingerprint density at radius 3 is 2.28 bits per heavy atom. The number of nitrogens with zero attached hydrogens (tertiary/aromatic N) is 2. The fraction of sp³-hybridized carbons (Fsp3) is 0.115. The third-order valence-corrected chi connectivity index (χ3v) is 5.20. The van der Waals surface area contributed by atoms with E-state index in [1.165, 1.54) is 6.20 Å². The number of hydrogen-bond acceptors (Lipinski definition) is 4. The van der Waals surface area contributed by atoms with Gasteiger partial charge in [-0.1, -0.05) is 84.4 Å². The zero-order valence-electron chi connectivity index (χ0n) is 17.3. The van der Waals surface area contributed by atoms with Crippen LogP contribution in [0.4, 0.5) is 0 Å². The van der Waals surface area contributed by atoms with Crippen LogP contribution in [-0.2, 0) is 17.8 Å². The van der Waals surface area contributed by atoms with E-state index in [9.17, 15) is 4.79 Å². The van der Waals surface area contributed by atoms with Crippen molar-refractivity contribution in [2.24, 2.45) is 0 Å². The predicted molar refractivity (Wildman–Crippen MR) is 124 cm³/mol. The fourth-order valence-electron chi connectivity index (χ4n) is 3.35. The first kappa shape index (κ1) is 21.5. The van der Waals surface area contributed by atoms with Gasteiger partial charge in [0.1, 0.15) is 18.1 Å². The van der Waals surface area contributed by atoms with Crippen molar-refractivity contribution >= 4 is 17.5 Å². The number of ether oxygens (including phenoxy) is 1. The van der Waals surface area contributed by atoms with Crippen LogP contribution < -0.4 is 10.1 Å². The van der Waals surface area contributed by atoms with Gasteiger partial charge in [-0.3, -0.25) is 9.78 Å². The van der Waals surface area contributed by atoms with Crippen molar-refractivity contribution in [3.05, 3.63) is 125 Å². The minimum Gasteiger partial charge on any atom is -0.489 e. The summed E-state index contributed by atoms with van der Waals surface area (Å²) in [5, 5.41) is 3.30. The predicted octanol–water partition coefficient (Wildman–Crippen LogP) is 5.16. The van der Waals surface area contributed by atoms with Gasteiger partial charge in [-0.05, 0) is 28.8 Å². The summed E-state index contributed by atoms with van der Waals surface area (Å²) in [5.41, 5.74) is 3.28. The van der Waals surface area contributed by atoms with Gasteiger partial charge in [-0.25, -0.2) is 4.98 Å². The number of carbonyl (C=O) groups excluding carboxylic acids is 1. The van der Waals surface area contributed by atoms with Gasteiger partial charge >= 0.3 is 0 Å². The third-order valence-electron chi connectivity index (χ3n) is 4.91. The molecule has 0 spiro atoms. The van der Waals surface area contributed by atoms with Crippen LogP contribution in [0.25, 0.3) is 0 Å². The van der Waals surface area contributed by atoms with E-state index in [2.05, 4.69) is 15.3 Å². The molecule has 1 aromatic heterocycles. The molecule has 4 rings (SSSR count). The highest BCUT2D eigenvalue weighted by molar-refractivity contribution is 6.30. The standard InChI is InChI=1S/C26H22ClN3O2/c27-26-25(28-14-15-29-26)24(30-23(31)16-19-8-3-1-4-9-19)21-12-7-13-22(17-21)32-18-20-10-5-2-6-11-20/h1-15,17,24H,16,18H2,(H,30,31). The van der Waals surface area contributed by atoms with Crippen LogP contribution in [0.1, 0.15) is 28.4 Å². The first-order valence-corrected chi connectivity index (χ1v) is 10.6. The van der Waals surface area contributed by atoms with Crippen LogP contribution >= 0.6 is 11.6 Å². The lowest BCUT2D eigenvalue weighted by Crippen LogP contribution is -2.31. The van der Waals surface area contributed by atoms with E-state index in [-0.39, 0.29) is 17.5 Å². The first-order chi connectivity index (χ1) is 15.7. The van der Waals surface area contributed by atoms with E-state index in [0.29, 0.717) is 18.1 Å². The third kappa shape index (κ3) is 5.71. The summed E-state index contributed by atoms with van der Waals surface area (Å²) in [4.78, 5) is 21.4. The van der Waals surface area contributed by atoms with Crippen molar-refractivity contribution in [2.75, 3.05) is 0 Å². The van der Waals surface area contributed by atoms with Gasteiger partial charge < -0.3 is 10.1 Å². The molecule has 0 radical (unpaired) electrons. The van der Waals surface area contributed by atoms with Crippen molar-refractivity contribution in [1.82, 2.24) is 15.3 Å². The van der Waals surface area contributed by atoms with Crippen LogP contribution in [-0.4, -0.2) is 15.9 Å². The monoisotopic (exact) mass is 443 g/mol. The number of carbonyl (C=O) groups is 1. The Labute approximate surface area is 192 Å². The molecule has 0 aliphatic rings. The molecule has 160 valence electrons. The van der Waals surface area contributed by atoms with Crippen LogP contribution in [0, 0.1) is 0 Å². The van der Waals surface area contributed by atoms with E-state index >= 15 is 0 Å². The summed E-state index contributed by atoms with van der Waals surface area (Å²) in [6, 6.07) is 26.5. The van der Waals surface area contributed by atoms with Crippen molar-refractivity contribution in [1.29, 1.82) is 0 Å². The van der Waals surface area contributed by atoms with Crippen LogP contribution in [0.15, 0.2) is 97.3 Å². The van der Waals surface area contributed by atoms with Gasteiger partial charge in [0.25, 0.3) is 0 Å². The molecule has 6 heteroatoms. The van der Waals surface area contributed by atoms with E-state index in [1.54, 1.807) is 6.20 Å². The Morgan fingerprint density at radius 2 is 1.56 bits per heavy atom. The topological polar surface area (TPSA) is 64.1 Å². The molecule has 0 fully saturated rings. The number of amides is 1. The maximum Gasteiger partial charge on any atom is 0.225 e. The number of nitrogens with one attached hydrogen (secondary N) is 1. The van der Waals surface area contributed by atoms with Gasteiger partial charge in [0, 0.05) is 12.4 Å². The van der Waals surface area contributed by atoms with Crippen molar-refractivity contribution < 1.29 is 9.53 Å². The first-order valence-electron chi connectivity index (χ1n) is 10.3. The highest BCUT2D eigenvalue weighted by Gasteiger charge is 2.22. The average Bonchev–Trinajstić information content (AvgIpc) is 2.83. The molecule has 1 heterocycles. The molecule has 1 unspecified atom stereocenters. The number of aromatic nitrogens is 2. The smallest absolute Gasteiger partial charge is 0.225 e. The summed E-state index contributed by atoms with van der Waals surface area (Å²) in [7, 11) is 0. The van der Waals surface area contributed by atoms with Gasteiger partial charge in [-0.2, -0.15) is 0 Å². The Balaban J connectivity index is 1.57. The number of halogens is 1. The lowest BCUT2D eigenvalue weighted by atomic mass is 10.0. The summed E-state index contributed by atoms with van der Waals surface area (Å²) in [5.74, 6) is 0.548.